The minimum absolute atomic E-state index is 0. The van der Waals surface area contributed by atoms with Gasteiger partial charge in [0.05, 0.1) is 0 Å². The summed E-state index contributed by atoms with van der Waals surface area (Å²) in [5, 5.41) is 0. The molecule has 126 valence electrons. The Labute approximate surface area is 236 Å². The molecular formula is H6Fe8S8-8. The Morgan fingerprint density at radius 3 is 0.250 bits per heavy atom. The van der Waals surface area contributed by atoms with E-state index < -0.39 is 0 Å². The van der Waals surface area contributed by atoms with Gasteiger partial charge in [-0.05, 0) is 0 Å². The van der Waals surface area contributed by atoms with Crippen molar-refractivity contribution in [2.75, 3.05) is 0 Å². The van der Waals surface area contributed by atoms with Crippen molar-refractivity contribution in [3.05, 3.63) is 0 Å². The maximum Gasteiger partial charge on any atom is 0 e. The van der Waals surface area contributed by atoms with Crippen LogP contribution in [0.2, 0.25) is 0 Å². The second-order valence-electron chi connectivity index (χ2n) is 0. The Hall–Kier alpha value is 6.96. The van der Waals surface area contributed by atoms with Gasteiger partial charge in [-0.3, -0.25) is 0 Å². The quantitative estimate of drug-likeness (QED) is 0.126. The normalized spacial score (nSPS) is 0.375. The first-order valence-electron chi connectivity index (χ1n) is 0.167. The van der Waals surface area contributed by atoms with Gasteiger partial charge in [0.15, 0.2) is 0 Å². The van der Waals surface area contributed by atoms with Crippen LogP contribution in [0, 0.1) is 0 Å². The molecule has 0 rings (SSSR count). The van der Waals surface area contributed by atoms with Crippen molar-refractivity contribution in [2.24, 2.45) is 0 Å². The van der Waals surface area contributed by atoms with Crippen molar-refractivity contribution in [3.8, 4) is 0 Å². The van der Waals surface area contributed by atoms with Gasteiger partial charge in [-0.25, -0.2) is 0 Å². The molecule has 0 radical (unpaired) electrons. The smallest absolute Gasteiger partial charge is 0 e. The summed E-state index contributed by atoms with van der Waals surface area (Å²) < 4.78 is 0. The van der Waals surface area contributed by atoms with Crippen molar-refractivity contribution in [2.45, 2.75) is 0 Å². The van der Waals surface area contributed by atoms with E-state index in [4.69, 9.17) is 0 Å². The third-order valence-corrected chi connectivity index (χ3v) is 0. The van der Waals surface area contributed by atoms with Crippen LogP contribution in [0.15, 0.2) is 0 Å². The molecule has 0 spiro atoms. The molecule has 0 fully saturated rings. The fraction of sp³-hybridized carbons (Fsp3) is 0. The van der Waals surface area contributed by atoms with Crippen LogP contribution in [0.3, 0.4) is 0 Å². The van der Waals surface area contributed by atoms with Crippen molar-refractivity contribution in [3.63, 3.8) is 0 Å². The average Bonchev–Trinajstić information content (AvgIpc) is 1.00. The Morgan fingerprint density at radius 2 is 0.250 bits per heavy atom. The van der Waals surface area contributed by atoms with Gasteiger partial charge in [0.1, 0.15) is 0 Å². The van der Waals surface area contributed by atoms with Crippen LogP contribution >= 0.6 is 0 Å². The molecule has 0 aliphatic heterocycles. The first-order chi connectivity index (χ1) is 1.00. The molecule has 0 amide bonds. The van der Waals surface area contributed by atoms with Gasteiger partial charge < -0.3 is 104 Å². The van der Waals surface area contributed by atoms with Gasteiger partial charge in [-0.1, -0.05) is 0 Å². The fourth-order valence-corrected chi connectivity index (χ4v) is 0. The summed E-state index contributed by atoms with van der Waals surface area (Å²) in [6, 6.07) is 0. The van der Waals surface area contributed by atoms with Crippen LogP contribution < -0.4 is 0 Å². The van der Waals surface area contributed by atoms with Gasteiger partial charge in [0.25, 0.3) is 0 Å². The number of hydrogen-bond acceptors (Lipinski definition) is 8. The molecular weight excluding hydrogens is 703 g/mol. The van der Waals surface area contributed by atoms with Crippen molar-refractivity contribution < 1.29 is 137 Å². The van der Waals surface area contributed by atoms with Gasteiger partial charge in [0, 0.05) is 137 Å². The van der Waals surface area contributed by atoms with E-state index in [0.29, 0.717) is 0 Å². The topological polar surface area (TPSA) is 0 Å². The summed E-state index contributed by atoms with van der Waals surface area (Å²) in [6.07, 6.45) is 0. The minimum atomic E-state index is 0. The van der Waals surface area contributed by atoms with E-state index in [1.165, 1.54) is 0 Å². The summed E-state index contributed by atoms with van der Waals surface area (Å²) in [4.78, 5) is 0. The predicted octanol–water partition coefficient (Wildman–Crippen LogP) is -1.65. The molecule has 0 N–H and O–H groups in total. The maximum absolute atomic E-state index is 3.67. The van der Waals surface area contributed by atoms with Crippen LogP contribution in [0.1, 0.15) is 0 Å². The van der Waals surface area contributed by atoms with Crippen LogP contribution in [-0.4, -0.2) is 0 Å². The first-order valence-corrected chi connectivity index (χ1v) is 1.50. The molecule has 0 saturated heterocycles. The van der Waals surface area contributed by atoms with E-state index in [9.17, 15) is 0 Å². The third kappa shape index (κ3) is 172. The summed E-state index contributed by atoms with van der Waals surface area (Å²) in [5.41, 5.74) is 0. The summed E-state index contributed by atoms with van der Waals surface area (Å²) in [5.74, 6) is 0. The summed E-state index contributed by atoms with van der Waals surface area (Å²) in [6.45, 7) is 0. The second-order valence-corrected chi connectivity index (χ2v) is 0. The zero-order chi connectivity index (χ0) is 2.00. The van der Waals surface area contributed by atoms with Gasteiger partial charge >= 0.3 is 0 Å². The first kappa shape index (κ1) is 175. The molecule has 0 unspecified atom stereocenters. The summed E-state index contributed by atoms with van der Waals surface area (Å²) in [7, 11) is 0. The monoisotopic (exact) mass is 709 g/mol. The van der Waals surface area contributed by atoms with Crippen LogP contribution in [0.5, 0.6) is 0 Å². The molecule has 0 saturated carbocycles. The number of rotatable bonds is 0. The minimum Gasteiger partial charge on any atom is -1.00 e. The predicted molar refractivity (Wildman–Crippen MR) is 67.3 cm³/mol. The second kappa shape index (κ2) is 199. The van der Waals surface area contributed by atoms with E-state index in [-0.39, 0.29) is 218 Å². The molecule has 0 nitrogen and oxygen atoms in total. The number of thiol groups is 6. The van der Waals surface area contributed by atoms with Crippen LogP contribution in [0.4, 0.5) is 0 Å². The molecule has 0 aliphatic rings. The number of hydrogen-bond donors (Lipinski definition) is 0. The standard InChI is InChI=1S/8Fe.S2.6H2S/c;;;;;;;;1-2;;;;;;/h;;;;;;;;;6*1H2/q;;;;;;;;-2;;;;;;/p-6. The van der Waals surface area contributed by atoms with Crippen LogP contribution in [0.25, 0.3) is 0 Å². The Balaban J connectivity index is -0.0000000000549. The zero-order valence-electron chi connectivity index (χ0n) is 6.33. The third-order valence-electron chi connectivity index (χ3n) is 0. The summed E-state index contributed by atoms with van der Waals surface area (Å²) >= 11 is 7.33. The van der Waals surface area contributed by atoms with Gasteiger partial charge in [-0.2, -0.15) is 0 Å². The molecule has 0 heterocycles. The van der Waals surface area contributed by atoms with Gasteiger partial charge in [-0.15, -0.1) is 0 Å². The van der Waals surface area contributed by atoms with E-state index in [2.05, 4.69) is 23.3 Å². The molecule has 0 bridgehead atoms. The molecule has 0 aromatic heterocycles. The van der Waals surface area contributed by atoms with E-state index in [0.717, 1.165) is 0 Å². The SMILES string of the molecule is [Fe].[Fe].[Fe].[Fe].[Fe].[Fe].[Fe].[Fe].[S-][S-].[SH-].[SH-].[SH-].[SH-].[SH-].[SH-]. The molecule has 0 atom stereocenters. The molecule has 16 heteroatoms. The molecule has 0 aromatic carbocycles. The zero-order valence-corrected chi connectivity index (χ0v) is 22.2. The maximum atomic E-state index is 3.67. The van der Waals surface area contributed by atoms with Crippen molar-refractivity contribution >= 4 is 104 Å². The largest absolute Gasteiger partial charge is 1.00 e. The fourth-order valence-electron chi connectivity index (χ4n) is 0. The Bertz CT molecular complexity index is 16.0. The average molecular weight is 709 g/mol. The Morgan fingerprint density at radius 1 is 0.250 bits per heavy atom. The van der Waals surface area contributed by atoms with E-state index in [1.807, 2.05) is 0 Å². The van der Waals surface area contributed by atoms with Crippen molar-refractivity contribution in [1.82, 2.24) is 0 Å². The molecule has 0 aromatic rings. The van der Waals surface area contributed by atoms with Gasteiger partial charge in [0.2, 0.25) is 0 Å². The Kier molecular flexibility index (Phi) is 2180. The van der Waals surface area contributed by atoms with E-state index >= 15 is 0 Å². The van der Waals surface area contributed by atoms with Crippen molar-refractivity contribution in [1.29, 1.82) is 0 Å². The van der Waals surface area contributed by atoms with E-state index in [1.54, 1.807) is 0 Å². The van der Waals surface area contributed by atoms with Crippen LogP contribution in [-0.2, 0) is 241 Å². The molecule has 0 aliphatic carbocycles. The molecule has 16 heavy (non-hydrogen) atoms.